The van der Waals surface area contributed by atoms with E-state index >= 15 is 0 Å². The molecule has 0 aromatic carbocycles. The number of rotatable bonds is 3. The molecular formula is C13H16N2O. The summed E-state index contributed by atoms with van der Waals surface area (Å²) < 4.78 is 2.08. The fraction of sp³-hybridized carbons (Fsp3) is 0.462. The highest BCUT2D eigenvalue weighted by Gasteiger charge is 2.24. The van der Waals surface area contributed by atoms with Crippen molar-refractivity contribution < 1.29 is 4.79 Å². The van der Waals surface area contributed by atoms with E-state index in [0.717, 1.165) is 5.69 Å². The zero-order valence-corrected chi connectivity index (χ0v) is 9.52. The van der Waals surface area contributed by atoms with E-state index in [-0.39, 0.29) is 5.91 Å². The van der Waals surface area contributed by atoms with Crippen molar-refractivity contribution in [3.63, 3.8) is 0 Å². The monoisotopic (exact) mass is 216 g/mol. The largest absolute Gasteiger partial charge is 0.340 e. The van der Waals surface area contributed by atoms with Gasteiger partial charge in [-0.1, -0.05) is 5.92 Å². The Morgan fingerprint density at radius 3 is 3.00 bits per heavy atom. The number of carbonyl (C=O) groups is 1. The van der Waals surface area contributed by atoms with Gasteiger partial charge in [0.25, 0.3) is 5.91 Å². The normalized spacial score (nSPS) is 15.2. The van der Waals surface area contributed by atoms with Crippen LogP contribution in [0.4, 0.5) is 0 Å². The van der Waals surface area contributed by atoms with Crippen LogP contribution in [0.25, 0.3) is 0 Å². The van der Waals surface area contributed by atoms with Crippen molar-refractivity contribution >= 4 is 5.91 Å². The van der Waals surface area contributed by atoms with Crippen molar-refractivity contribution in [1.82, 2.24) is 9.47 Å². The molecule has 3 nitrogen and oxygen atoms in total. The SMILES string of the molecule is C#CCN(C)C(=O)c1cccn1C1CCC1. The van der Waals surface area contributed by atoms with Gasteiger partial charge < -0.3 is 9.47 Å². The molecular weight excluding hydrogens is 200 g/mol. The van der Waals surface area contributed by atoms with E-state index in [2.05, 4.69) is 10.5 Å². The second kappa shape index (κ2) is 4.44. The molecule has 3 heteroatoms. The number of hydrogen-bond acceptors (Lipinski definition) is 1. The number of carbonyl (C=O) groups excluding carboxylic acids is 1. The van der Waals surface area contributed by atoms with Gasteiger partial charge in [0, 0.05) is 19.3 Å². The summed E-state index contributed by atoms with van der Waals surface area (Å²) in [7, 11) is 1.74. The van der Waals surface area contributed by atoms with Gasteiger partial charge in [-0.15, -0.1) is 6.42 Å². The van der Waals surface area contributed by atoms with E-state index in [1.807, 2.05) is 18.3 Å². The zero-order valence-electron chi connectivity index (χ0n) is 9.52. The van der Waals surface area contributed by atoms with Gasteiger partial charge in [0.15, 0.2) is 0 Å². The van der Waals surface area contributed by atoms with E-state index in [1.165, 1.54) is 19.3 Å². The fourth-order valence-electron chi connectivity index (χ4n) is 1.96. The minimum atomic E-state index is 0.00912. The molecule has 0 unspecified atom stereocenters. The quantitative estimate of drug-likeness (QED) is 0.709. The summed E-state index contributed by atoms with van der Waals surface area (Å²) in [5, 5.41) is 0. The first kappa shape index (κ1) is 10.8. The van der Waals surface area contributed by atoms with E-state index < -0.39 is 0 Å². The Morgan fingerprint density at radius 1 is 1.69 bits per heavy atom. The van der Waals surface area contributed by atoms with Crippen molar-refractivity contribution in [2.45, 2.75) is 25.3 Å². The van der Waals surface area contributed by atoms with Crippen LogP contribution in [0.15, 0.2) is 18.3 Å². The fourth-order valence-corrected chi connectivity index (χ4v) is 1.96. The summed E-state index contributed by atoms with van der Waals surface area (Å²) >= 11 is 0. The van der Waals surface area contributed by atoms with Crippen molar-refractivity contribution in [3.05, 3.63) is 24.0 Å². The molecule has 0 spiro atoms. The van der Waals surface area contributed by atoms with Crippen LogP contribution in [-0.4, -0.2) is 29.0 Å². The first-order chi connectivity index (χ1) is 7.74. The Kier molecular flexibility index (Phi) is 3.00. The number of hydrogen-bond donors (Lipinski definition) is 0. The van der Waals surface area contributed by atoms with Gasteiger partial charge in [-0.2, -0.15) is 0 Å². The summed E-state index contributed by atoms with van der Waals surface area (Å²) in [5.41, 5.74) is 0.752. The summed E-state index contributed by atoms with van der Waals surface area (Å²) in [6, 6.07) is 4.30. The predicted molar refractivity (Wildman–Crippen MR) is 63.1 cm³/mol. The molecule has 84 valence electrons. The first-order valence-corrected chi connectivity index (χ1v) is 5.60. The van der Waals surface area contributed by atoms with Crippen LogP contribution in [-0.2, 0) is 0 Å². The molecule has 16 heavy (non-hydrogen) atoms. The second-order valence-corrected chi connectivity index (χ2v) is 4.25. The Balaban J connectivity index is 2.17. The minimum absolute atomic E-state index is 0.00912. The molecule has 1 fully saturated rings. The Hall–Kier alpha value is -1.69. The molecule has 1 aliphatic rings. The molecule has 0 N–H and O–H groups in total. The molecule has 1 aliphatic carbocycles. The van der Waals surface area contributed by atoms with Crippen LogP contribution < -0.4 is 0 Å². The lowest BCUT2D eigenvalue weighted by atomic mass is 9.93. The minimum Gasteiger partial charge on any atom is -0.340 e. The molecule has 2 rings (SSSR count). The first-order valence-electron chi connectivity index (χ1n) is 5.60. The van der Waals surface area contributed by atoms with E-state index in [0.29, 0.717) is 12.6 Å². The lowest BCUT2D eigenvalue weighted by molar-refractivity contribution is 0.0796. The third-order valence-electron chi connectivity index (χ3n) is 3.14. The Labute approximate surface area is 96.0 Å². The van der Waals surface area contributed by atoms with Crippen LogP contribution in [0.2, 0.25) is 0 Å². The van der Waals surface area contributed by atoms with Gasteiger partial charge in [-0.3, -0.25) is 4.79 Å². The Morgan fingerprint density at radius 2 is 2.44 bits per heavy atom. The highest BCUT2D eigenvalue weighted by atomic mass is 16.2. The molecule has 0 aliphatic heterocycles. The van der Waals surface area contributed by atoms with Gasteiger partial charge >= 0.3 is 0 Å². The maximum Gasteiger partial charge on any atom is 0.271 e. The maximum absolute atomic E-state index is 12.1. The number of amides is 1. The van der Waals surface area contributed by atoms with Crippen molar-refractivity contribution in [2.24, 2.45) is 0 Å². The van der Waals surface area contributed by atoms with Gasteiger partial charge in [0.2, 0.25) is 0 Å². The molecule has 1 aromatic heterocycles. The van der Waals surface area contributed by atoms with E-state index in [4.69, 9.17) is 6.42 Å². The molecule has 1 saturated carbocycles. The smallest absolute Gasteiger partial charge is 0.271 e. The summed E-state index contributed by atoms with van der Waals surface area (Å²) in [6.07, 6.45) is 10.8. The van der Waals surface area contributed by atoms with Crippen molar-refractivity contribution in [1.29, 1.82) is 0 Å². The summed E-state index contributed by atoms with van der Waals surface area (Å²) in [6.45, 7) is 0.356. The average Bonchev–Trinajstić information content (AvgIpc) is 2.63. The average molecular weight is 216 g/mol. The lowest BCUT2D eigenvalue weighted by Gasteiger charge is -2.29. The van der Waals surface area contributed by atoms with Crippen LogP contribution in [0.3, 0.4) is 0 Å². The van der Waals surface area contributed by atoms with Crippen LogP contribution in [0.1, 0.15) is 35.8 Å². The van der Waals surface area contributed by atoms with Crippen molar-refractivity contribution in [3.8, 4) is 12.3 Å². The van der Waals surface area contributed by atoms with E-state index in [9.17, 15) is 4.79 Å². The molecule has 0 saturated heterocycles. The molecule has 1 aromatic rings. The van der Waals surface area contributed by atoms with Gasteiger partial charge in [0.05, 0.1) is 6.54 Å². The Bertz CT molecular complexity index is 423. The van der Waals surface area contributed by atoms with Gasteiger partial charge in [-0.05, 0) is 31.4 Å². The van der Waals surface area contributed by atoms with E-state index in [1.54, 1.807) is 11.9 Å². The van der Waals surface area contributed by atoms with Crippen LogP contribution >= 0.6 is 0 Å². The third kappa shape index (κ3) is 1.83. The van der Waals surface area contributed by atoms with Crippen LogP contribution in [0.5, 0.6) is 0 Å². The predicted octanol–water partition coefficient (Wildman–Crippen LogP) is 1.92. The lowest BCUT2D eigenvalue weighted by Crippen LogP contribution is -2.30. The molecule has 0 radical (unpaired) electrons. The van der Waals surface area contributed by atoms with Gasteiger partial charge in [-0.25, -0.2) is 0 Å². The molecule has 0 atom stereocenters. The highest BCUT2D eigenvalue weighted by Crippen LogP contribution is 2.32. The third-order valence-corrected chi connectivity index (χ3v) is 3.14. The molecule has 1 heterocycles. The zero-order chi connectivity index (χ0) is 11.5. The number of terminal acetylenes is 1. The second-order valence-electron chi connectivity index (χ2n) is 4.25. The standard InChI is InChI=1S/C13H16N2O/c1-3-9-14(2)13(16)12-8-5-10-15(12)11-6-4-7-11/h1,5,8,10-11H,4,6-7,9H2,2H3. The van der Waals surface area contributed by atoms with Gasteiger partial charge in [0.1, 0.15) is 5.69 Å². The molecule has 1 amide bonds. The number of aromatic nitrogens is 1. The topological polar surface area (TPSA) is 25.2 Å². The van der Waals surface area contributed by atoms with Crippen molar-refractivity contribution in [2.75, 3.05) is 13.6 Å². The van der Waals surface area contributed by atoms with Crippen LogP contribution in [0, 0.1) is 12.3 Å². The summed E-state index contributed by atoms with van der Waals surface area (Å²) in [5.74, 6) is 2.49. The molecule has 0 bridgehead atoms. The highest BCUT2D eigenvalue weighted by molar-refractivity contribution is 5.92. The maximum atomic E-state index is 12.1. The summed E-state index contributed by atoms with van der Waals surface area (Å²) in [4.78, 5) is 13.6. The number of nitrogens with zero attached hydrogens (tertiary/aromatic N) is 2.